The molecule has 1 N–H and O–H groups in total. The first kappa shape index (κ1) is 18.9. The maximum absolute atomic E-state index is 9.01. The SMILES string of the molecule is CCCCCCOCCOC(CCO)CCCCC. The molecule has 3 nitrogen and oxygen atoms in total. The average Bonchev–Trinajstić information content (AvgIpc) is 2.42. The van der Waals surface area contributed by atoms with Crippen LogP contribution in [0, 0.1) is 0 Å². The highest BCUT2D eigenvalue weighted by atomic mass is 16.5. The Morgan fingerprint density at radius 3 is 2.21 bits per heavy atom. The largest absolute Gasteiger partial charge is 0.396 e. The molecular formula is C16H34O3. The lowest BCUT2D eigenvalue weighted by Crippen LogP contribution is -2.18. The van der Waals surface area contributed by atoms with Crippen LogP contribution in [0.2, 0.25) is 0 Å². The Bertz CT molecular complexity index is 162. The molecule has 0 radical (unpaired) electrons. The quantitative estimate of drug-likeness (QED) is 0.460. The molecule has 0 aliphatic heterocycles. The fraction of sp³-hybridized carbons (Fsp3) is 1.00. The van der Waals surface area contributed by atoms with Gasteiger partial charge in [0.05, 0.1) is 19.3 Å². The molecule has 0 fully saturated rings. The predicted octanol–water partition coefficient (Wildman–Crippen LogP) is 3.93. The van der Waals surface area contributed by atoms with Crippen molar-refractivity contribution in [1.82, 2.24) is 0 Å². The van der Waals surface area contributed by atoms with Crippen molar-refractivity contribution in [2.45, 2.75) is 77.7 Å². The van der Waals surface area contributed by atoms with Gasteiger partial charge in [0.25, 0.3) is 0 Å². The van der Waals surface area contributed by atoms with E-state index in [4.69, 9.17) is 14.6 Å². The summed E-state index contributed by atoms with van der Waals surface area (Å²) in [5.41, 5.74) is 0. The molecule has 1 unspecified atom stereocenters. The van der Waals surface area contributed by atoms with Gasteiger partial charge in [0.1, 0.15) is 0 Å². The minimum Gasteiger partial charge on any atom is -0.396 e. The molecule has 3 heteroatoms. The molecule has 0 aliphatic rings. The number of hydrogen-bond acceptors (Lipinski definition) is 3. The maximum atomic E-state index is 9.01. The Kier molecular flexibility index (Phi) is 15.8. The van der Waals surface area contributed by atoms with Crippen LogP contribution in [0.5, 0.6) is 0 Å². The second-order valence-corrected chi connectivity index (χ2v) is 5.17. The second-order valence-electron chi connectivity index (χ2n) is 5.17. The fourth-order valence-corrected chi connectivity index (χ4v) is 2.08. The summed E-state index contributed by atoms with van der Waals surface area (Å²) in [7, 11) is 0. The van der Waals surface area contributed by atoms with Crippen LogP contribution in [0.3, 0.4) is 0 Å². The van der Waals surface area contributed by atoms with Crippen LogP contribution in [0.25, 0.3) is 0 Å². The average molecular weight is 274 g/mol. The van der Waals surface area contributed by atoms with Gasteiger partial charge in [0, 0.05) is 13.2 Å². The highest BCUT2D eigenvalue weighted by Crippen LogP contribution is 2.10. The summed E-state index contributed by atoms with van der Waals surface area (Å²) >= 11 is 0. The van der Waals surface area contributed by atoms with Gasteiger partial charge in [0.2, 0.25) is 0 Å². The van der Waals surface area contributed by atoms with E-state index in [1.807, 2.05) is 0 Å². The normalized spacial score (nSPS) is 12.8. The molecule has 0 saturated carbocycles. The molecular weight excluding hydrogens is 240 g/mol. The van der Waals surface area contributed by atoms with Crippen molar-refractivity contribution in [3.05, 3.63) is 0 Å². The highest BCUT2D eigenvalue weighted by Gasteiger charge is 2.07. The molecule has 0 aromatic heterocycles. The van der Waals surface area contributed by atoms with E-state index in [1.165, 1.54) is 38.5 Å². The lowest BCUT2D eigenvalue weighted by molar-refractivity contribution is -0.00964. The van der Waals surface area contributed by atoms with Crippen molar-refractivity contribution in [2.75, 3.05) is 26.4 Å². The van der Waals surface area contributed by atoms with Crippen LogP contribution in [-0.2, 0) is 9.47 Å². The second kappa shape index (κ2) is 15.9. The summed E-state index contributed by atoms with van der Waals surface area (Å²) in [6.45, 7) is 6.83. The first-order valence-corrected chi connectivity index (χ1v) is 8.15. The van der Waals surface area contributed by atoms with E-state index in [1.54, 1.807) is 0 Å². The van der Waals surface area contributed by atoms with Gasteiger partial charge in [0.15, 0.2) is 0 Å². The molecule has 0 saturated heterocycles. The first-order valence-electron chi connectivity index (χ1n) is 8.15. The van der Waals surface area contributed by atoms with Crippen molar-refractivity contribution in [3.63, 3.8) is 0 Å². The summed E-state index contributed by atoms with van der Waals surface area (Å²) in [4.78, 5) is 0. The molecule has 0 amide bonds. The van der Waals surface area contributed by atoms with Crippen LogP contribution in [0.1, 0.15) is 71.6 Å². The Hall–Kier alpha value is -0.120. The van der Waals surface area contributed by atoms with Crippen LogP contribution in [0.15, 0.2) is 0 Å². The molecule has 0 aromatic carbocycles. The number of ether oxygens (including phenoxy) is 2. The summed E-state index contributed by atoms with van der Waals surface area (Å²) in [5.74, 6) is 0. The molecule has 0 heterocycles. The Morgan fingerprint density at radius 1 is 0.789 bits per heavy atom. The van der Waals surface area contributed by atoms with Crippen molar-refractivity contribution < 1.29 is 14.6 Å². The van der Waals surface area contributed by atoms with Gasteiger partial charge in [-0.15, -0.1) is 0 Å². The highest BCUT2D eigenvalue weighted by molar-refractivity contribution is 4.58. The monoisotopic (exact) mass is 274 g/mol. The zero-order valence-corrected chi connectivity index (χ0v) is 13.0. The van der Waals surface area contributed by atoms with E-state index in [9.17, 15) is 0 Å². The Morgan fingerprint density at radius 2 is 1.53 bits per heavy atom. The molecule has 0 aliphatic carbocycles. The molecule has 19 heavy (non-hydrogen) atoms. The maximum Gasteiger partial charge on any atom is 0.0704 e. The minimum absolute atomic E-state index is 0.209. The summed E-state index contributed by atoms with van der Waals surface area (Å²) in [5, 5.41) is 9.01. The molecule has 0 spiro atoms. The topological polar surface area (TPSA) is 38.7 Å². The van der Waals surface area contributed by atoms with Gasteiger partial charge in [-0.1, -0.05) is 52.4 Å². The van der Waals surface area contributed by atoms with E-state index in [0.29, 0.717) is 13.2 Å². The van der Waals surface area contributed by atoms with Gasteiger partial charge < -0.3 is 14.6 Å². The first-order chi connectivity index (χ1) is 9.35. The Balaban J connectivity index is 3.36. The van der Waals surface area contributed by atoms with Crippen LogP contribution >= 0.6 is 0 Å². The van der Waals surface area contributed by atoms with E-state index in [0.717, 1.165) is 25.9 Å². The predicted molar refractivity (Wildman–Crippen MR) is 80.5 cm³/mol. The number of rotatable bonds is 15. The van der Waals surface area contributed by atoms with Gasteiger partial charge in [-0.2, -0.15) is 0 Å². The van der Waals surface area contributed by atoms with Crippen molar-refractivity contribution in [3.8, 4) is 0 Å². The van der Waals surface area contributed by atoms with E-state index in [2.05, 4.69) is 13.8 Å². The van der Waals surface area contributed by atoms with Crippen molar-refractivity contribution in [2.24, 2.45) is 0 Å². The minimum atomic E-state index is 0.209. The molecule has 0 aromatic rings. The van der Waals surface area contributed by atoms with Gasteiger partial charge in [-0.25, -0.2) is 0 Å². The fourth-order valence-electron chi connectivity index (χ4n) is 2.08. The molecule has 116 valence electrons. The third kappa shape index (κ3) is 14.1. The summed E-state index contributed by atoms with van der Waals surface area (Å²) < 4.78 is 11.3. The smallest absolute Gasteiger partial charge is 0.0704 e. The van der Waals surface area contributed by atoms with Gasteiger partial charge in [-0.05, 0) is 19.3 Å². The van der Waals surface area contributed by atoms with E-state index >= 15 is 0 Å². The lowest BCUT2D eigenvalue weighted by atomic mass is 10.1. The summed E-state index contributed by atoms with van der Waals surface area (Å²) in [6, 6.07) is 0. The van der Waals surface area contributed by atoms with Crippen LogP contribution in [0.4, 0.5) is 0 Å². The van der Waals surface area contributed by atoms with Crippen molar-refractivity contribution >= 4 is 0 Å². The zero-order valence-electron chi connectivity index (χ0n) is 13.0. The number of hydrogen-bond donors (Lipinski definition) is 1. The third-order valence-electron chi connectivity index (χ3n) is 3.30. The number of aliphatic hydroxyl groups excluding tert-OH is 1. The molecule has 0 rings (SSSR count). The van der Waals surface area contributed by atoms with E-state index < -0.39 is 0 Å². The van der Waals surface area contributed by atoms with Crippen molar-refractivity contribution in [1.29, 1.82) is 0 Å². The number of aliphatic hydroxyl groups is 1. The molecule has 1 atom stereocenters. The molecule has 0 bridgehead atoms. The summed E-state index contributed by atoms with van der Waals surface area (Å²) in [6.07, 6.45) is 10.7. The van der Waals surface area contributed by atoms with Crippen LogP contribution < -0.4 is 0 Å². The Labute approximate surface area is 119 Å². The standard InChI is InChI=1S/C16H34O3/c1-3-5-7-9-13-18-14-15-19-16(11-12-17)10-8-6-4-2/h16-17H,3-15H2,1-2H3. The lowest BCUT2D eigenvalue weighted by Gasteiger charge is -2.16. The van der Waals surface area contributed by atoms with Crippen LogP contribution in [-0.4, -0.2) is 37.6 Å². The zero-order chi connectivity index (χ0) is 14.2. The van der Waals surface area contributed by atoms with Gasteiger partial charge >= 0.3 is 0 Å². The van der Waals surface area contributed by atoms with Gasteiger partial charge in [-0.3, -0.25) is 0 Å². The van der Waals surface area contributed by atoms with E-state index in [-0.39, 0.29) is 12.7 Å². The number of unbranched alkanes of at least 4 members (excludes halogenated alkanes) is 5. The third-order valence-corrected chi connectivity index (χ3v) is 3.30.